The molecule has 21 heavy (non-hydrogen) atoms. The van der Waals surface area contributed by atoms with E-state index < -0.39 is 15.8 Å². The number of H-pyrrole nitrogens is 1. The largest absolute Gasteiger partial charge is 0.363 e. The van der Waals surface area contributed by atoms with Crippen molar-refractivity contribution in [2.24, 2.45) is 0 Å². The van der Waals surface area contributed by atoms with E-state index in [1.165, 1.54) is 24.4 Å². The molecule has 0 spiro atoms. The molecule has 0 radical (unpaired) electrons. The molecule has 1 heterocycles. The van der Waals surface area contributed by atoms with Crippen LogP contribution in [0.4, 0.5) is 10.1 Å². The Morgan fingerprint density at radius 2 is 2.10 bits per heavy atom. The number of aromatic nitrogens is 1. The number of aromatic amines is 1. The van der Waals surface area contributed by atoms with Gasteiger partial charge in [-0.3, -0.25) is 4.72 Å². The molecule has 0 saturated heterocycles. The highest BCUT2D eigenvalue weighted by Crippen LogP contribution is 2.21. The third-order valence-corrected chi connectivity index (χ3v) is 4.43. The maximum Gasteiger partial charge on any atom is 0.263 e. The van der Waals surface area contributed by atoms with Crippen LogP contribution >= 0.6 is 11.6 Å². The fraction of sp³-hybridized carbons (Fsp3) is 0.231. The Bertz CT molecular complexity index is 731. The minimum atomic E-state index is -3.77. The summed E-state index contributed by atoms with van der Waals surface area (Å²) in [6, 6.07) is 5.25. The molecule has 0 saturated carbocycles. The number of hydrogen-bond donors (Lipinski definition) is 3. The molecule has 114 valence electrons. The molecule has 0 aliphatic carbocycles. The molecule has 0 fully saturated rings. The van der Waals surface area contributed by atoms with Crippen molar-refractivity contribution in [1.29, 1.82) is 0 Å². The predicted molar refractivity (Wildman–Crippen MR) is 80.4 cm³/mol. The molecule has 0 amide bonds. The van der Waals surface area contributed by atoms with E-state index in [2.05, 4.69) is 15.0 Å². The van der Waals surface area contributed by atoms with E-state index >= 15 is 0 Å². The molecule has 0 aliphatic rings. The summed E-state index contributed by atoms with van der Waals surface area (Å²) in [6.07, 6.45) is 1.39. The maximum atomic E-state index is 13.3. The highest BCUT2D eigenvalue weighted by molar-refractivity contribution is 7.92. The van der Waals surface area contributed by atoms with Crippen LogP contribution in [0.1, 0.15) is 12.6 Å². The molecule has 8 heteroatoms. The minimum Gasteiger partial charge on any atom is -0.363 e. The van der Waals surface area contributed by atoms with Crippen molar-refractivity contribution in [3.8, 4) is 0 Å². The van der Waals surface area contributed by atoms with Crippen molar-refractivity contribution in [2.75, 3.05) is 11.3 Å². The van der Waals surface area contributed by atoms with Crippen molar-refractivity contribution in [1.82, 2.24) is 10.3 Å². The Morgan fingerprint density at radius 3 is 2.76 bits per heavy atom. The summed E-state index contributed by atoms with van der Waals surface area (Å²) < 4.78 is 40.0. The Morgan fingerprint density at radius 1 is 1.33 bits per heavy atom. The molecular weight excluding hydrogens is 317 g/mol. The van der Waals surface area contributed by atoms with Crippen LogP contribution in [0.2, 0.25) is 5.02 Å². The average Bonchev–Trinajstić information content (AvgIpc) is 2.90. The lowest BCUT2D eigenvalue weighted by Gasteiger charge is -2.06. The van der Waals surface area contributed by atoms with Gasteiger partial charge in [0.1, 0.15) is 10.7 Å². The zero-order valence-corrected chi connectivity index (χ0v) is 12.9. The number of rotatable bonds is 6. The predicted octanol–water partition coefficient (Wildman–Crippen LogP) is 2.72. The van der Waals surface area contributed by atoms with Gasteiger partial charge in [-0.05, 0) is 30.8 Å². The first-order valence-electron chi connectivity index (χ1n) is 6.28. The fourth-order valence-electron chi connectivity index (χ4n) is 1.71. The summed E-state index contributed by atoms with van der Waals surface area (Å²) in [4.78, 5) is 2.96. The van der Waals surface area contributed by atoms with Crippen LogP contribution in [0.3, 0.4) is 0 Å². The van der Waals surface area contributed by atoms with Gasteiger partial charge in [0.05, 0.1) is 10.7 Å². The molecule has 3 N–H and O–H groups in total. The van der Waals surface area contributed by atoms with E-state index in [4.69, 9.17) is 11.6 Å². The van der Waals surface area contributed by atoms with Crippen molar-refractivity contribution in [2.45, 2.75) is 18.4 Å². The third-order valence-electron chi connectivity index (χ3n) is 2.76. The fourth-order valence-corrected chi connectivity index (χ4v) is 2.89. The van der Waals surface area contributed by atoms with Gasteiger partial charge in [0.25, 0.3) is 10.0 Å². The van der Waals surface area contributed by atoms with E-state index in [1.54, 1.807) is 0 Å². The van der Waals surface area contributed by atoms with Crippen LogP contribution < -0.4 is 10.0 Å². The summed E-state index contributed by atoms with van der Waals surface area (Å²) in [5.41, 5.74) is 0.867. The number of anilines is 1. The number of benzene rings is 1. The van der Waals surface area contributed by atoms with Gasteiger partial charge in [-0.1, -0.05) is 18.5 Å². The van der Waals surface area contributed by atoms with Crippen LogP contribution in [0.25, 0.3) is 0 Å². The summed E-state index contributed by atoms with van der Waals surface area (Å²) in [7, 11) is -3.77. The van der Waals surface area contributed by atoms with Crippen LogP contribution in [0.5, 0.6) is 0 Å². The second-order valence-electron chi connectivity index (χ2n) is 4.38. The smallest absolute Gasteiger partial charge is 0.263 e. The molecule has 5 nitrogen and oxygen atoms in total. The van der Waals surface area contributed by atoms with Crippen molar-refractivity contribution < 1.29 is 12.8 Å². The van der Waals surface area contributed by atoms with E-state index in [9.17, 15) is 12.8 Å². The molecule has 1 aromatic heterocycles. The van der Waals surface area contributed by atoms with Gasteiger partial charge in [-0.2, -0.15) is 0 Å². The first-order valence-corrected chi connectivity index (χ1v) is 8.14. The molecule has 0 atom stereocenters. The summed E-state index contributed by atoms with van der Waals surface area (Å²) in [5.74, 6) is -0.682. The zero-order chi connectivity index (χ0) is 15.5. The minimum absolute atomic E-state index is 0.0625. The van der Waals surface area contributed by atoms with E-state index in [1.807, 2.05) is 6.92 Å². The topological polar surface area (TPSA) is 74.0 Å². The molecule has 1 aromatic carbocycles. The standard InChI is InChI=1S/C13H15ClFN3O2S/c1-2-16-7-10-5-11(8-17-10)21(19,20)18-9-3-4-12(14)13(15)6-9/h3-6,8,16-18H,2,7H2,1H3. The van der Waals surface area contributed by atoms with Gasteiger partial charge in [0.15, 0.2) is 0 Å². The van der Waals surface area contributed by atoms with E-state index in [0.29, 0.717) is 6.54 Å². The van der Waals surface area contributed by atoms with Crippen LogP contribution in [-0.2, 0) is 16.6 Å². The summed E-state index contributed by atoms with van der Waals surface area (Å²) >= 11 is 5.56. The second kappa shape index (κ2) is 6.46. The van der Waals surface area contributed by atoms with E-state index in [-0.39, 0.29) is 15.6 Å². The van der Waals surface area contributed by atoms with E-state index in [0.717, 1.165) is 18.3 Å². The molecular formula is C13H15ClFN3O2S. The number of hydrogen-bond acceptors (Lipinski definition) is 3. The Hall–Kier alpha value is -1.57. The molecule has 2 rings (SSSR count). The SMILES string of the molecule is CCNCc1cc(S(=O)(=O)Nc2ccc(Cl)c(F)c2)c[nH]1. The highest BCUT2D eigenvalue weighted by Gasteiger charge is 2.16. The van der Waals surface area contributed by atoms with Gasteiger partial charge in [-0.25, -0.2) is 12.8 Å². The number of sulfonamides is 1. The molecule has 0 bridgehead atoms. The van der Waals surface area contributed by atoms with Crippen LogP contribution in [0.15, 0.2) is 35.4 Å². The first kappa shape index (κ1) is 15.8. The lowest BCUT2D eigenvalue weighted by Crippen LogP contribution is -2.13. The summed E-state index contributed by atoms with van der Waals surface area (Å²) in [5, 5.41) is 3.02. The second-order valence-corrected chi connectivity index (χ2v) is 6.46. The normalized spacial score (nSPS) is 11.6. The lowest BCUT2D eigenvalue weighted by molar-refractivity contribution is 0.601. The Labute approximate surface area is 127 Å². The number of halogens is 2. The summed E-state index contributed by atoms with van der Waals surface area (Å²) in [6.45, 7) is 3.28. The van der Waals surface area contributed by atoms with Crippen molar-refractivity contribution >= 4 is 27.3 Å². The monoisotopic (exact) mass is 331 g/mol. The quantitative estimate of drug-likeness (QED) is 0.762. The zero-order valence-electron chi connectivity index (χ0n) is 11.3. The van der Waals surface area contributed by atoms with Crippen LogP contribution in [0, 0.1) is 5.82 Å². The van der Waals surface area contributed by atoms with Crippen molar-refractivity contribution in [3.05, 3.63) is 47.0 Å². The Kier molecular flexibility index (Phi) is 4.87. The molecule has 2 aromatic rings. The van der Waals surface area contributed by atoms with Gasteiger partial charge >= 0.3 is 0 Å². The molecule has 0 unspecified atom stereocenters. The lowest BCUT2D eigenvalue weighted by atomic mass is 10.3. The average molecular weight is 332 g/mol. The third kappa shape index (κ3) is 3.96. The highest BCUT2D eigenvalue weighted by atomic mass is 35.5. The Balaban J connectivity index is 2.17. The maximum absolute atomic E-state index is 13.3. The first-order chi connectivity index (χ1) is 9.92. The van der Waals surface area contributed by atoms with Crippen molar-refractivity contribution in [3.63, 3.8) is 0 Å². The van der Waals surface area contributed by atoms with Gasteiger partial charge < -0.3 is 10.3 Å². The van der Waals surface area contributed by atoms with Gasteiger partial charge in [0.2, 0.25) is 0 Å². The number of nitrogens with one attached hydrogen (secondary N) is 3. The molecule has 0 aliphatic heterocycles. The van der Waals surface area contributed by atoms with Gasteiger partial charge in [0, 0.05) is 18.4 Å². The van der Waals surface area contributed by atoms with Crippen LogP contribution in [-0.4, -0.2) is 19.9 Å². The van der Waals surface area contributed by atoms with Gasteiger partial charge in [-0.15, -0.1) is 0 Å².